The third kappa shape index (κ3) is 11.7. The summed E-state index contributed by atoms with van der Waals surface area (Å²) in [6.07, 6.45) is 0.757. The van der Waals surface area contributed by atoms with E-state index in [0.29, 0.717) is 60.3 Å². The SMILES string of the molecule is COc1cc(C=O)cc(Br)c1OC.COc1ccc2c(c1)OC(N)=C(C#N)C2c1cc(Br)c(OC)c(OC)c1.COc1cccc(O)c1.N#CCC#N. The largest absolute Gasteiger partial charge is 0.508 e. The van der Waals surface area contributed by atoms with Crippen molar-refractivity contribution in [1.29, 1.82) is 15.8 Å². The van der Waals surface area contributed by atoms with Crippen LogP contribution >= 0.6 is 31.9 Å². The molecule has 0 fully saturated rings. The monoisotopic (exact) mass is 850 g/mol. The van der Waals surface area contributed by atoms with E-state index in [-0.39, 0.29) is 18.1 Å². The van der Waals surface area contributed by atoms with Crippen molar-refractivity contribution in [3.63, 3.8) is 0 Å². The summed E-state index contributed by atoms with van der Waals surface area (Å²) in [4.78, 5) is 10.5. The summed E-state index contributed by atoms with van der Waals surface area (Å²) in [5.74, 6) is 4.04. The molecule has 0 bridgehead atoms. The van der Waals surface area contributed by atoms with Gasteiger partial charge in [-0.25, -0.2) is 0 Å². The van der Waals surface area contributed by atoms with Crippen molar-refractivity contribution in [2.24, 2.45) is 5.73 Å². The number of halogens is 2. The number of hydrogen-bond acceptors (Lipinski definition) is 13. The molecule has 276 valence electrons. The lowest BCUT2D eigenvalue weighted by molar-refractivity contribution is 0.112. The molecule has 13 nitrogen and oxygen atoms in total. The molecule has 4 aromatic carbocycles. The number of nitrogens with two attached hydrogens (primary N) is 1. The molecule has 53 heavy (non-hydrogen) atoms. The maximum absolute atomic E-state index is 10.5. The molecule has 4 aromatic rings. The number of carbonyl (C=O) groups is 1. The zero-order valence-corrected chi connectivity index (χ0v) is 32.8. The molecule has 0 spiro atoms. The second-order valence-corrected chi connectivity index (χ2v) is 11.8. The summed E-state index contributed by atoms with van der Waals surface area (Å²) in [6, 6.07) is 24.6. The molecular formula is C38H36Br2N4O9. The first-order chi connectivity index (χ1) is 25.5. The predicted octanol–water partition coefficient (Wildman–Crippen LogP) is 7.80. The minimum absolute atomic E-state index is 0. The maximum atomic E-state index is 10.5. The van der Waals surface area contributed by atoms with E-state index in [4.69, 9.17) is 54.5 Å². The summed E-state index contributed by atoms with van der Waals surface area (Å²) in [6.45, 7) is 0. The van der Waals surface area contributed by atoms with E-state index in [0.717, 1.165) is 17.4 Å². The van der Waals surface area contributed by atoms with Gasteiger partial charge < -0.3 is 44.0 Å². The zero-order chi connectivity index (χ0) is 39.5. The molecule has 0 radical (unpaired) electrons. The molecule has 0 saturated carbocycles. The number of benzene rings is 4. The Bertz CT molecular complexity index is 2020. The van der Waals surface area contributed by atoms with Crippen LogP contribution < -0.4 is 38.9 Å². The van der Waals surface area contributed by atoms with Crippen molar-refractivity contribution < 1.29 is 43.1 Å². The van der Waals surface area contributed by atoms with E-state index in [1.165, 1.54) is 7.11 Å². The Morgan fingerprint density at radius 3 is 1.83 bits per heavy atom. The molecule has 1 unspecified atom stereocenters. The number of aromatic hydroxyl groups is 1. The summed E-state index contributed by atoms with van der Waals surface area (Å²) in [5, 5.41) is 33.7. The van der Waals surface area contributed by atoms with Gasteiger partial charge in [-0.05, 0) is 79.9 Å². The second kappa shape index (κ2) is 22.0. The molecule has 0 amide bonds. The Morgan fingerprint density at radius 1 is 0.774 bits per heavy atom. The molecule has 1 aliphatic rings. The number of nitriles is 3. The third-order valence-electron chi connectivity index (χ3n) is 7.02. The van der Waals surface area contributed by atoms with E-state index in [1.54, 1.807) is 90.2 Å². The Labute approximate surface area is 324 Å². The van der Waals surface area contributed by atoms with Crippen molar-refractivity contribution >= 4 is 38.1 Å². The number of phenols is 1. The van der Waals surface area contributed by atoms with Crippen molar-refractivity contribution in [3.8, 4) is 64.2 Å². The Kier molecular flexibility index (Phi) is 17.9. The predicted molar refractivity (Wildman–Crippen MR) is 203 cm³/mol. The Morgan fingerprint density at radius 2 is 1.36 bits per heavy atom. The lowest BCUT2D eigenvalue weighted by atomic mass is 9.83. The molecule has 1 heterocycles. The van der Waals surface area contributed by atoms with E-state index in [1.807, 2.05) is 24.3 Å². The smallest absolute Gasteiger partial charge is 0.205 e. The van der Waals surface area contributed by atoms with Crippen molar-refractivity contribution in [2.45, 2.75) is 12.3 Å². The maximum Gasteiger partial charge on any atom is 0.205 e. The fourth-order valence-corrected chi connectivity index (χ4v) is 5.91. The number of rotatable bonds is 8. The number of aldehydes is 1. The highest BCUT2D eigenvalue weighted by Crippen LogP contribution is 2.47. The number of allylic oxidation sites excluding steroid dienone is 1. The van der Waals surface area contributed by atoms with Gasteiger partial charge in [-0.3, -0.25) is 4.79 Å². The first kappa shape index (κ1) is 43.1. The van der Waals surface area contributed by atoms with Gasteiger partial charge in [0.15, 0.2) is 23.0 Å². The van der Waals surface area contributed by atoms with Gasteiger partial charge >= 0.3 is 0 Å². The Balaban J connectivity index is 0.000000297. The molecule has 15 heteroatoms. The van der Waals surface area contributed by atoms with Crippen LogP contribution in [0.3, 0.4) is 0 Å². The minimum Gasteiger partial charge on any atom is -0.508 e. The second-order valence-electron chi connectivity index (χ2n) is 10.1. The molecule has 3 N–H and O–H groups in total. The van der Waals surface area contributed by atoms with Crippen molar-refractivity contribution in [2.75, 3.05) is 42.7 Å². The molecule has 1 aliphatic heterocycles. The van der Waals surface area contributed by atoms with Gasteiger partial charge in [0.2, 0.25) is 5.88 Å². The van der Waals surface area contributed by atoms with Crippen LogP contribution in [0.1, 0.15) is 33.8 Å². The van der Waals surface area contributed by atoms with Crippen LogP contribution in [-0.2, 0) is 0 Å². The van der Waals surface area contributed by atoms with Gasteiger partial charge in [-0.1, -0.05) is 12.1 Å². The van der Waals surface area contributed by atoms with Gasteiger partial charge in [0.05, 0.1) is 69.7 Å². The number of fused-ring (bicyclic) bond motifs is 1. The van der Waals surface area contributed by atoms with E-state index < -0.39 is 5.92 Å². The number of nitrogens with zero attached hydrogens (tertiary/aromatic N) is 3. The average molecular weight is 853 g/mol. The van der Waals surface area contributed by atoms with Crippen molar-refractivity contribution in [3.05, 3.63) is 104 Å². The molecule has 0 aromatic heterocycles. The van der Waals surface area contributed by atoms with Gasteiger partial charge in [-0.2, -0.15) is 15.8 Å². The summed E-state index contributed by atoms with van der Waals surface area (Å²) in [5.41, 5.74) is 8.53. The topological polar surface area (TPSA) is 199 Å². The zero-order valence-electron chi connectivity index (χ0n) is 29.6. The summed E-state index contributed by atoms with van der Waals surface area (Å²) < 4.78 is 38.1. The van der Waals surface area contributed by atoms with Gasteiger partial charge in [0, 0.05) is 23.3 Å². The number of ether oxygens (including phenoxy) is 7. The van der Waals surface area contributed by atoms with Gasteiger partial charge in [0.25, 0.3) is 0 Å². The van der Waals surface area contributed by atoms with E-state index >= 15 is 0 Å². The van der Waals surface area contributed by atoms with Crippen LogP contribution in [0.5, 0.6) is 46.0 Å². The van der Waals surface area contributed by atoms with Crippen LogP contribution in [0.4, 0.5) is 0 Å². The van der Waals surface area contributed by atoms with Gasteiger partial charge in [0.1, 0.15) is 47.3 Å². The standard InChI is InChI=1S/C19H17BrN2O4.C9H9BrO3.C7H8O2.C3H2N2/c1-23-11-4-5-12-15(8-11)26-19(22)13(9-21)17(12)10-6-14(20)18(25-3)16(7-10)24-2;1-12-8-4-6(5-11)3-7(10)9(8)13-2;1-9-7-4-2-3-6(8)5-7;4-2-1-3-5/h4-8,17H,22H2,1-3H3;3-5H,1-2H3;2-5,8H,1H3;1H2. The fourth-order valence-electron chi connectivity index (χ4n) is 4.66. The average Bonchev–Trinajstić information content (AvgIpc) is 3.17. The first-order valence-corrected chi connectivity index (χ1v) is 16.7. The molecule has 1 atom stereocenters. The lowest BCUT2D eigenvalue weighted by Crippen LogP contribution is -2.21. The highest BCUT2D eigenvalue weighted by Gasteiger charge is 2.32. The molecular weight excluding hydrogens is 816 g/mol. The Hall–Kier alpha value is -6.08. The first-order valence-electron chi connectivity index (χ1n) is 15.1. The minimum atomic E-state index is -0.397. The molecule has 5 rings (SSSR count). The number of hydrogen-bond donors (Lipinski definition) is 2. The van der Waals surface area contributed by atoms with Crippen LogP contribution in [-0.4, -0.2) is 54.1 Å². The van der Waals surface area contributed by atoms with E-state index in [2.05, 4.69) is 37.9 Å². The highest BCUT2D eigenvalue weighted by atomic mass is 79.9. The van der Waals surface area contributed by atoms with Crippen LogP contribution in [0.2, 0.25) is 0 Å². The number of methoxy groups -OCH3 is 6. The lowest BCUT2D eigenvalue weighted by Gasteiger charge is -2.27. The summed E-state index contributed by atoms with van der Waals surface area (Å²) in [7, 11) is 9.34. The molecule has 0 aliphatic carbocycles. The van der Waals surface area contributed by atoms with Crippen LogP contribution in [0.25, 0.3) is 0 Å². The van der Waals surface area contributed by atoms with Crippen LogP contribution in [0.15, 0.2) is 87.1 Å². The van der Waals surface area contributed by atoms with Crippen molar-refractivity contribution in [1.82, 2.24) is 0 Å². The number of carbonyl (C=O) groups excluding carboxylic acids is 1. The van der Waals surface area contributed by atoms with E-state index in [9.17, 15) is 10.1 Å². The summed E-state index contributed by atoms with van der Waals surface area (Å²) >= 11 is 6.77. The molecule has 0 saturated heterocycles. The number of phenolic OH excluding ortho intramolecular Hbond substituents is 1. The van der Waals surface area contributed by atoms with Crippen LogP contribution in [0, 0.1) is 34.0 Å². The van der Waals surface area contributed by atoms with Gasteiger partial charge in [-0.15, -0.1) is 0 Å². The fraction of sp³-hybridized carbons (Fsp3) is 0.211. The third-order valence-corrected chi connectivity index (χ3v) is 8.20. The highest BCUT2D eigenvalue weighted by molar-refractivity contribution is 9.11. The normalized spacial score (nSPS) is 11.9. The quantitative estimate of drug-likeness (QED) is 0.163.